The first-order valence-corrected chi connectivity index (χ1v) is 6.10. The smallest absolute Gasteiger partial charge is 0.166 e. The number of para-hydroxylation sites is 1. The highest BCUT2D eigenvalue weighted by Crippen LogP contribution is 2.46. The van der Waals surface area contributed by atoms with Crippen molar-refractivity contribution < 1.29 is 9.59 Å². The van der Waals surface area contributed by atoms with E-state index in [-0.39, 0.29) is 17.1 Å². The second kappa shape index (κ2) is 4.37. The molecular formula is C13H13NO2S. The summed E-state index contributed by atoms with van der Waals surface area (Å²) in [7, 11) is 1.88. The average Bonchev–Trinajstić information content (AvgIpc) is 2.56. The van der Waals surface area contributed by atoms with E-state index in [2.05, 4.69) is 0 Å². The summed E-state index contributed by atoms with van der Waals surface area (Å²) in [5.74, 6) is -0.362. The Labute approximate surface area is 104 Å². The molecule has 0 saturated carbocycles. The molecule has 0 radical (unpaired) electrons. The molecule has 17 heavy (non-hydrogen) atoms. The summed E-state index contributed by atoms with van der Waals surface area (Å²) in [5, 5.41) is 0.728. The number of hydrogen-bond donors (Lipinski definition) is 0. The number of benzene rings is 1. The van der Waals surface area contributed by atoms with E-state index >= 15 is 0 Å². The molecule has 0 aliphatic carbocycles. The van der Waals surface area contributed by atoms with Gasteiger partial charge in [0, 0.05) is 11.9 Å². The van der Waals surface area contributed by atoms with Gasteiger partial charge in [0.25, 0.3) is 0 Å². The van der Waals surface area contributed by atoms with Crippen LogP contribution in [0.25, 0.3) is 0 Å². The maximum absolute atomic E-state index is 11.6. The van der Waals surface area contributed by atoms with Gasteiger partial charge in [-0.25, -0.2) is 0 Å². The number of hydrogen-bond acceptors (Lipinski definition) is 4. The molecule has 1 aromatic rings. The Bertz CT molecular complexity index is 518. The van der Waals surface area contributed by atoms with Gasteiger partial charge in [0.1, 0.15) is 0 Å². The molecule has 0 unspecified atom stereocenters. The minimum Gasteiger partial charge on any atom is -0.337 e. The summed E-state index contributed by atoms with van der Waals surface area (Å²) in [5.41, 5.74) is 1.32. The number of anilines is 1. The lowest BCUT2D eigenvalue weighted by atomic mass is 10.1. The monoisotopic (exact) mass is 247 g/mol. The van der Waals surface area contributed by atoms with Gasteiger partial charge in [-0.1, -0.05) is 23.9 Å². The summed E-state index contributed by atoms with van der Waals surface area (Å²) in [6.45, 7) is 2.86. The number of Topliss-reactive ketones (excluding diaryl/α,β-unsaturated/α-hetero) is 2. The summed E-state index contributed by atoms with van der Waals surface area (Å²) in [4.78, 5) is 26.1. The predicted molar refractivity (Wildman–Crippen MR) is 69.1 cm³/mol. The van der Waals surface area contributed by atoms with Crippen LogP contribution in [0.1, 0.15) is 13.8 Å². The minimum absolute atomic E-state index is 0.181. The number of nitrogens with zero attached hydrogens (tertiary/aromatic N) is 1. The molecule has 0 atom stereocenters. The highest BCUT2D eigenvalue weighted by Gasteiger charge is 2.28. The fraction of sp³-hybridized carbons (Fsp3) is 0.231. The van der Waals surface area contributed by atoms with Crippen LogP contribution in [0.4, 0.5) is 5.69 Å². The second-order valence-electron chi connectivity index (χ2n) is 3.92. The Morgan fingerprint density at radius 1 is 1.12 bits per heavy atom. The molecule has 0 bridgehead atoms. The van der Waals surface area contributed by atoms with E-state index in [9.17, 15) is 9.59 Å². The van der Waals surface area contributed by atoms with Crippen molar-refractivity contribution in [3.05, 3.63) is 34.9 Å². The third kappa shape index (κ3) is 2.00. The number of rotatable bonds is 2. The van der Waals surface area contributed by atoms with Crippen molar-refractivity contribution in [3.63, 3.8) is 0 Å². The zero-order valence-electron chi connectivity index (χ0n) is 9.98. The van der Waals surface area contributed by atoms with Gasteiger partial charge in [0.05, 0.1) is 16.3 Å². The molecule has 1 aromatic carbocycles. The van der Waals surface area contributed by atoms with Crippen molar-refractivity contribution in [2.24, 2.45) is 0 Å². The molecule has 0 N–H and O–H groups in total. The Morgan fingerprint density at radius 3 is 2.24 bits per heavy atom. The Hall–Kier alpha value is -1.55. The van der Waals surface area contributed by atoms with E-state index in [0.29, 0.717) is 0 Å². The van der Waals surface area contributed by atoms with E-state index in [1.807, 2.05) is 36.2 Å². The number of ketones is 2. The zero-order valence-corrected chi connectivity index (χ0v) is 10.8. The number of carbonyl (C=O) groups is 2. The maximum Gasteiger partial charge on any atom is 0.166 e. The van der Waals surface area contributed by atoms with E-state index < -0.39 is 0 Å². The summed E-state index contributed by atoms with van der Waals surface area (Å²) in [6.07, 6.45) is 0. The quantitative estimate of drug-likeness (QED) is 0.457. The molecule has 1 heterocycles. The fourth-order valence-corrected chi connectivity index (χ4v) is 3.16. The fourth-order valence-electron chi connectivity index (χ4n) is 1.87. The normalized spacial score (nSPS) is 13.6. The highest BCUT2D eigenvalue weighted by atomic mass is 32.2. The first-order chi connectivity index (χ1) is 8.02. The molecule has 1 aliphatic rings. The van der Waals surface area contributed by atoms with Gasteiger partial charge in [-0.15, -0.1) is 0 Å². The van der Waals surface area contributed by atoms with E-state index in [0.717, 1.165) is 15.6 Å². The molecule has 88 valence electrons. The van der Waals surface area contributed by atoms with Crippen molar-refractivity contribution in [2.75, 3.05) is 11.9 Å². The van der Waals surface area contributed by atoms with Gasteiger partial charge < -0.3 is 4.90 Å². The van der Waals surface area contributed by atoms with Crippen molar-refractivity contribution in [1.29, 1.82) is 0 Å². The van der Waals surface area contributed by atoms with Gasteiger partial charge in [0.2, 0.25) is 0 Å². The Balaban J connectivity index is 2.55. The van der Waals surface area contributed by atoms with Crippen LogP contribution in [-0.4, -0.2) is 18.6 Å². The van der Waals surface area contributed by atoms with Crippen LogP contribution >= 0.6 is 11.8 Å². The first-order valence-electron chi connectivity index (χ1n) is 5.29. The van der Waals surface area contributed by atoms with E-state index in [1.54, 1.807) is 0 Å². The average molecular weight is 247 g/mol. The maximum atomic E-state index is 11.6. The molecular weight excluding hydrogens is 234 g/mol. The van der Waals surface area contributed by atoms with Gasteiger partial charge >= 0.3 is 0 Å². The van der Waals surface area contributed by atoms with Crippen LogP contribution in [0.5, 0.6) is 0 Å². The van der Waals surface area contributed by atoms with Gasteiger partial charge in [-0.3, -0.25) is 9.59 Å². The third-order valence-corrected chi connectivity index (χ3v) is 3.89. The molecule has 0 fully saturated rings. The van der Waals surface area contributed by atoms with Crippen molar-refractivity contribution in [2.45, 2.75) is 18.7 Å². The van der Waals surface area contributed by atoms with Gasteiger partial charge in [0.15, 0.2) is 11.6 Å². The lowest BCUT2D eigenvalue weighted by molar-refractivity contribution is -0.119. The van der Waals surface area contributed by atoms with Crippen LogP contribution in [0, 0.1) is 0 Å². The minimum atomic E-state index is -0.181. The van der Waals surface area contributed by atoms with Crippen LogP contribution in [0.2, 0.25) is 0 Å². The van der Waals surface area contributed by atoms with Gasteiger partial charge in [-0.05, 0) is 26.0 Å². The van der Waals surface area contributed by atoms with Crippen LogP contribution in [0.15, 0.2) is 39.8 Å². The SMILES string of the molecule is CC(=O)C(C(C)=O)=C1Sc2ccccc2N1C. The number of thioether (sulfide) groups is 1. The summed E-state index contributed by atoms with van der Waals surface area (Å²) in [6, 6.07) is 7.86. The molecule has 0 saturated heterocycles. The molecule has 3 nitrogen and oxygen atoms in total. The highest BCUT2D eigenvalue weighted by molar-refractivity contribution is 8.03. The van der Waals surface area contributed by atoms with Crippen molar-refractivity contribution >= 4 is 29.0 Å². The Kier molecular flexibility index (Phi) is 3.07. The van der Waals surface area contributed by atoms with E-state index in [1.165, 1.54) is 25.6 Å². The van der Waals surface area contributed by atoms with Crippen molar-refractivity contribution in [1.82, 2.24) is 0 Å². The largest absolute Gasteiger partial charge is 0.337 e. The number of allylic oxidation sites excluding steroid dienone is 1. The predicted octanol–water partition coefficient (Wildman–Crippen LogP) is 2.62. The van der Waals surface area contributed by atoms with Gasteiger partial charge in [-0.2, -0.15) is 0 Å². The first kappa shape index (κ1) is 11.9. The molecule has 4 heteroatoms. The molecule has 0 spiro atoms. The number of carbonyl (C=O) groups excluding carboxylic acids is 2. The molecule has 1 aliphatic heterocycles. The number of fused-ring (bicyclic) bond motifs is 1. The second-order valence-corrected chi connectivity index (χ2v) is 4.95. The molecule has 0 amide bonds. The third-order valence-electron chi connectivity index (χ3n) is 2.66. The summed E-state index contributed by atoms with van der Waals surface area (Å²) < 4.78 is 0. The topological polar surface area (TPSA) is 37.4 Å². The lowest BCUT2D eigenvalue weighted by Gasteiger charge is -2.15. The van der Waals surface area contributed by atoms with Crippen LogP contribution < -0.4 is 4.90 Å². The summed E-state index contributed by atoms with van der Waals surface area (Å²) >= 11 is 1.47. The Morgan fingerprint density at radius 2 is 1.71 bits per heavy atom. The lowest BCUT2D eigenvalue weighted by Crippen LogP contribution is -2.18. The van der Waals surface area contributed by atoms with Crippen LogP contribution in [0.3, 0.4) is 0 Å². The van der Waals surface area contributed by atoms with Crippen molar-refractivity contribution in [3.8, 4) is 0 Å². The zero-order chi connectivity index (χ0) is 12.6. The van der Waals surface area contributed by atoms with Crippen LogP contribution in [-0.2, 0) is 9.59 Å². The van der Waals surface area contributed by atoms with E-state index in [4.69, 9.17) is 0 Å². The standard InChI is InChI=1S/C13H13NO2S/c1-8(15)12(9(2)16)13-14(3)10-6-4-5-7-11(10)17-13/h4-7H,1-3H3. The molecule has 2 rings (SSSR count). The molecule has 0 aromatic heterocycles.